The van der Waals surface area contributed by atoms with Crippen LogP contribution in [0.1, 0.15) is 12.5 Å². The molecule has 0 radical (unpaired) electrons. The topological polar surface area (TPSA) is 87.7 Å². The summed E-state index contributed by atoms with van der Waals surface area (Å²) in [6, 6.07) is 2.71. The summed E-state index contributed by atoms with van der Waals surface area (Å²) < 4.78 is 24.0. The molecule has 0 N–H and O–H groups in total. The Bertz CT molecular complexity index is 719. The molecule has 1 aromatic rings. The minimum Gasteiger partial charge on any atom is -0.335 e. The first kappa shape index (κ1) is 15.9. The molecule has 7 nitrogen and oxygen atoms in total. The Hall–Kier alpha value is -1.96. The van der Waals surface area contributed by atoms with E-state index in [4.69, 9.17) is 0 Å². The molecule has 0 saturated carbocycles. The Labute approximate surface area is 135 Å². The van der Waals surface area contributed by atoms with Gasteiger partial charge in [0.15, 0.2) is 9.84 Å². The fourth-order valence-electron chi connectivity index (χ4n) is 3.43. The van der Waals surface area contributed by atoms with Crippen LogP contribution in [0.5, 0.6) is 0 Å². The fraction of sp³-hybridized carbons (Fsp3) is 0.533. The van der Waals surface area contributed by atoms with Crippen LogP contribution in [0.4, 0.5) is 0 Å². The van der Waals surface area contributed by atoms with E-state index in [1.54, 1.807) is 28.3 Å². The fourth-order valence-corrected chi connectivity index (χ4v) is 5.41. The monoisotopic (exact) mass is 337 g/mol. The van der Waals surface area contributed by atoms with Crippen molar-refractivity contribution in [2.45, 2.75) is 25.4 Å². The average molecular weight is 337 g/mol. The van der Waals surface area contributed by atoms with E-state index in [1.165, 1.54) is 6.92 Å². The van der Waals surface area contributed by atoms with E-state index < -0.39 is 21.9 Å². The second kappa shape index (κ2) is 5.92. The van der Waals surface area contributed by atoms with Gasteiger partial charge in [-0.05, 0) is 11.6 Å². The van der Waals surface area contributed by atoms with Crippen LogP contribution < -0.4 is 0 Å². The van der Waals surface area contributed by atoms with Gasteiger partial charge in [-0.15, -0.1) is 0 Å². The molecular weight excluding hydrogens is 318 g/mol. The highest BCUT2D eigenvalue weighted by Gasteiger charge is 2.48. The largest absolute Gasteiger partial charge is 0.335 e. The molecule has 3 rings (SSSR count). The number of aromatic nitrogens is 1. The van der Waals surface area contributed by atoms with Crippen molar-refractivity contribution in [3.8, 4) is 0 Å². The van der Waals surface area contributed by atoms with E-state index in [1.807, 2.05) is 6.07 Å². The molecule has 3 heterocycles. The van der Waals surface area contributed by atoms with Gasteiger partial charge in [-0.3, -0.25) is 14.6 Å². The van der Waals surface area contributed by atoms with Crippen molar-refractivity contribution in [1.29, 1.82) is 0 Å². The van der Waals surface area contributed by atoms with Crippen LogP contribution in [0.25, 0.3) is 0 Å². The third-order valence-electron chi connectivity index (χ3n) is 4.48. The normalized spacial score (nSPS) is 26.0. The smallest absolute Gasteiger partial charge is 0.227 e. The van der Waals surface area contributed by atoms with Gasteiger partial charge in [-0.2, -0.15) is 0 Å². The Kier molecular flexibility index (Phi) is 4.09. The first-order chi connectivity index (χ1) is 10.9. The lowest BCUT2D eigenvalue weighted by molar-refractivity contribution is -0.143. The highest BCUT2D eigenvalue weighted by molar-refractivity contribution is 7.91. The maximum Gasteiger partial charge on any atom is 0.227 e. The molecule has 2 saturated heterocycles. The van der Waals surface area contributed by atoms with Crippen LogP contribution in [-0.4, -0.2) is 71.7 Å². The van der Waals surface area contributed by atoms with E-state index in [0.29, 0.717) is 13.1 Å². The van der Waals surface area contributed by atoms with Gasteiger partial charge in [0, 0.05) is 32.4 Å². The summed E-state index contributed by atoms with van der Waals surface area (Å²) in [4.78, 5) is 31.5. The molecular formula is C15H19N3O4S. The van der Waals surface area contributed by atoms with Crippen LogP contribution in [-0.2, 0) is 25.8 Å². The number of nitrogens with zero attached hydrogens (tertiary/aromatic N) is 3. The second-order valence-electron chi connectivity index (χ2n) is 6.05. The summed E-state index contributed by atoms with van der Waals surface area (Å²) in [5.74, 6) is -0.390. The van der Waals surface area contributed by atoms with Gasteiger partial charge in [0.25, 0.3) is 0 Å². The van der Waals surface area contributed by atoms with Crippen molar-refractivity contribution in [3.05, 3.63) is 30.1 Å². The molecule has 8 heteroatoms. The van der Waals surface area contributed by atoms with Crippen molar-refractivity contribution in [2.75, 3.05) is 24.6 Å². The summed E-state index contributed by atoms with van der Waals surface area (Å²) in [6.07, 6.45) is 3.46. The summed E-state index contributed by atoms with van der Waals surface area (Å²) >= 11 is 0. The van der Waals surface area contributed by atoms with Crippen LogP contribution in [0.2, 0.25) is 0 Å². The molecule has 2 amide bonds. The second-order valence-corrected chi connectivity index (χ2v) is 8.20. The number of pyridine rings is 1. The Balaban J connectivity index is 1.81. The lowest BCUT2D eigenvalue weighted by Gasteiger charge is -2.43. The van der Waals surface area contributed by atoms with Gasteiger partial charge in [0.1, 0.15) is 0 Å². The van der Waals surface area contributed by atoms with Crippen molar-refractivity contribution in [3.63, 3.8) is 0 Å². The quantitative estimate of drug-likeness (QED) is 0.725. The summed E-state index contributed by atoms with van der Waals surface area (Å²) in [5, 5.41) is 0. The third-order valence-corrected chi connectivity index (χ3v) is 6.18. The number of hydrogen-bond donors (Lipinski definition) is 0. The van der Waals surface area contributed by atoms with Gasteiger partial charge in [0.05, 0.1) is 30.0 Å². The van der Waals surface area contributed by atoms with E-state index >= 15 is 0 Å². The minimum absolute atomic E-state index is 0.0616. The number of carbonyl (C=O) groups excluding carboxylic acids is 2. The summed E-state index contributed by atoms with van der Waals surface area (Å²) in [6.45, 7) is 2.19. The number of hydrogen-bond acceptors (Lipinski definition) is 5. The van der Waals surface area contributed by atoms with Crippen LogP contribution in [0.15, 0.2) is 24.5 Å². The lowest BCUT2D eigenvalue weighted by atomic mass is 10.0. The highest BCUT2D eigenvalue weighted by Crippen LogP contribution is 2.27. The van der Waals surface area contributed by atoms with E-state index in [9.17, 15) is 18.0 Å². The van der Waals surface area contributed by atoms with Gasteiger partial charge < -0.3 is 9.80 Å². The Morgan fingerprint density at radius 3 is 2.48 bits per heavy atom. The van der Waals surface area contributed by atoms with Crippen LogP contribution in [0, 0.1) is 0 Å². The van der Waals surface area contributed by atoms with E-state index in [-0.39, 0.29) is 29.7 Å². The molecule has 2 atom stereocenters. The van der Waals surface area contributed by atoms with Gasteiger partial charge in [-0.1, -0.05) is 6.07 Å². The van der Waals surface area contributed by atoms with Crippen molar-refractivity contribution in [2.24, 2.45) is 0 Å². The molecule has 23 heavy (non-hydrogen) atoms. The Morgan fingerprint density at radius 2 is 1.87 bits per heavy atom. The van der Waals surface area contributed by atoms with Crippen molar-refractivity contribution in [1.82, 2.24) is 14.8 Å². The lowest BCUT2D eigenvalue weighted by Crippen LogP contribution is -2.61. The standard InChI is InChI=1S/C15H19N3O4S/c1-11(19)17-5-6-18(14-10-23(21,22)9-13(14)17)15(20)7-12-3-2-4-16-8-12/h2-4,8,13-14H,5-7,9-10H2,1H3/t13-,14+/m0/s1. The zero-order chi connectivity index (χ0) is 16.6. The van der Waals surface area contributed by atoms with Crippen LogP contribution >= 0.6 is 0 Å². The summed E-state index contributed by atoms with van der Waals surface area (Å²) in [7, 11) is -3.23. The number of piperazine rings is 1. The summed E-state index contributed by atoms with van der Waals surface area (Å²) in [5.41, 5.74) is 0.795. The maximum absolute atomic E-state index is 12.6. The first-order valence-corrected chi connectivity index (χ1v) is 9.35. The van der Waals surface area contributed by atoms with E-state index in [0.717, 1.165) is 5.56 Å². The number of carbonyl (C=O) groups is 2. The van der Waals surface area contributed by atoms with Crippen LogP contribution in [0.3, 0.4) is 0 Å². The molecule has 0 aromatic carbocycles. The van der Waals surface area contributed by atoms with Crippen molar-refractivity contribution >= 4 is 21.7 Å². The predicted octanol–water partition coefficient (Wildman–Crippen LogP) is -0.520. The number of amides is 2. The first-order valence-electron chi connectivity index (χ1n) is 7.53. The zero-order valence-electron chi connectivity index (χ0n) is 12.9. The maximum atomic E-state index is 12.6. The van der Waals surface area contributed by atoms with Crippen molar-refractivity contribution < 1.29 is 18.0 Å². The molecule has 2 fully saturated rings. The highest BCUT2D eigenvalue weighted by atomic mass is 32.2. The number of fused-ring (bicyclic) bond motifs is 1. The molecule has 0 bridgehead atoms. The third kappa shape index (κ3) is 3.21. The molecule has 0 spiro atoms. The average Bonchev–Trinajstić information content (AvgIpc) is 2.81. The SMILES string of the molecule is CC(=O)N1CCN(C(=O)Cc2cccnc2)[C@@H]2CS(=O)(=O)C[C@@H]21. The Morgan fingerprint density at radius 1 is 1.22 bits per heavy atom. The van der Waals surface area contributed by atoms with E-state index in [2.05, 4.69) is 4.98 Å². The van der Waals surface area contributed by atoms with Gasteiger partial charge >= 0.3 is 0 Å². The van der Waals surface area contributed by atoms with Gasteiger partial charge in [-0.25, -0.2) is 8.42 Å². The molecule has 2 aliphatic heterocycles. The molecule has 2 aliphatic rings. The number of rotatable bonds is 2. The zero-order valence-corrected chi connectivity index (χ0v) is 13.7. The number of sulfone groups is 1. The molecule has 0 aliphatic carbocycles. The molecule has 1 aromatic heterocycles. The van der Waals surface area contributed by atoms with Gasteiger partial charge in [0.2, 0.25) is 11.8 Å². The minimum atomic E-state index is -3.23. The molecule has 124 valence electrons. The predicted molar refractivity (Wildman–Crippen MR) is 83.3 cm³/mol. The molecule has 0 unspecified atom stereocenters.